The van der Waals surface area contributed by atoms with Crippen LogP contribution >= 0.6 is 0 Å². The molecular weight excluding hydrogens is 238 g/mol. The van der Waals surface area contributed by atoms with Crippen molar-refractivity contribution in [2.24, 2.45) is 5.73 Å². The summed E-state index contributed by atoms with van der Waals surface area (Å²) in [5.41, 5.74) is 9.48. The molecule has 0 radical (unpaired) electrons. The number of nitrogens with two attached hydrogens (primary N) is 1. The van der Waals surface area contributed by atoms with Gasteiger partial charge in [0, 0.05) is 7.11 Å². The molecule has 2 atom stereocenters. The SMILES string of the molecule is CO[C@H](C)[C@@H](N)c1nc2cc(C(C)(C)C)ccc2[nH]1. The van der Waals surface area contributed by atoms with Crippen molar-refractivity contribution in [3.8, 4) is 0 Å². The number of aromatic amines is 1. The van der Waals surface area contributed by atoms with Gasteiger partial charge >= 0.3 is 0 Å². The number of imidazole rings is 1. The first-order chi connectivity index (χ1) is 8.82. The van der Waals surface area contributed by atoms with Crippen molar-refractivity contribution in [3.05, 3.63) is 29.6 Å². The number of hydrogen-bond acceptors (Lipinski definition) is 3. The molecule has 0 aliphatic heterocycles. The van der Waals surface area contributed by atoms with E-state index in [2.05, 4.69) is 48.9 Å². The number of hydrogen-bond donors (Lipinski definition) is 2. The zero-order chi connectivity index (χ0) is 14.2. The summed E-state index contributed by atoms with van der Waals surface area (Å²) < 4.78 is 5.26. The fourth-order valence-electron chi connectivity index (χ4n) is 2.02. The van der Waals surface area contributed by atoms with Crippen LogP contribution in [0.5, 0.6) is 0 Å². The summed E-state index contributed by atoms with van der Waals surface area (Å²) in [5.74, 6) is 0.774. The van der Waals surface area contributed by atoms with Gasteiger partial charge in [-0.15, -0.1) is 0 Å². The lowest BCUT2D eigenvalue weighted by Crippen LogP contribution is -2.26. The van der Waals surface area contributed by atoms with Crippen LogP contribution in [-0.4, -0.2) is 23.2 Å². The zero-order valence-corrected chi connectivity index (χ0v) is 12.3. The third-order valence-corrected chi connectivity index (χ3v) is 3.56. The Morgan fingerprint density at radius 1 is 1.32 bits per heavy atom. The molecule has 3 N–H and O–H groups in total. The van der Waals surface area contributed by atoms with Crippen molar-refractivity contribution in [3.63, 3.8) is 0 Å². The first kappa shape index (κ1) is 14.0. The van der Waals surface area contributed by atoms with E-state index >= 15 is 0 Å². The van der Waals surface area contributed by atoms with Gasteiger partial charge in [-0.1, -0.05) is 26.8 Å². The molecule has 2 aromatic rings. The van der Waals surface area contributed by atoms with Gasteiger partial charge in [-0.25, -0.2) is 4.98 Å². The highest BCUT2D eigenvalue weighted by Gasteiger charge is 2.19. The summed E-state index contributed by atoms with van der Waals surface area (Å²) in [7, 11) is 1.66. The van der Waals surface area contributed by atoms with Crippen LogP contribution < -0.4 is 5.73 Å². The highest BCUT2D eigenvalue weighted by atomic mass is 16.5. The van der Waals surface area contributed by atoms with E-state index in [-0.39, 0.29) is 17.6 Å². The van der Waals surface area contributed by atoms with Gasteiger partial charge in [0.2, 0.25) is 0 Å². The lowest BCUT2D eigenvalue weighted by atomic mass is 9.87. The number of rotatable bonds is 3. The molecule has 0 saturated heterocycles. The molecule has 2 rings (SSSR count). The summed E-state index contributed by atoms with van der Waals surface area (Å²) in [6.45, 7) is 8.53. The van der Waals surface area contributed by atoms with E-state index in [4.69, 9.17) is 10.5 Å². The first-order valence-electron chi connectivity index (χ1n) is 6.61. The third-order valence-electron chi connectivity index (χ3n) is 3.56. The predicted molar refractivity (Wildman–Crippen MR) is 78.2 cm³/mol. The second kappa shape index (κ2) is 4.94. The standard InChI is InChI=1S/C15H23N3O/c1-9(19-5)13(16)14-17-11-7-6-10(15(2,3)4)8-12(11)18-14/h6-9,13H,16H2,1-5H3,(H,17,18)/t9-,13-/m1/s1. The zero-order valence-electron chi connectivity index (χ0n) is 12.3. The summed E-state index contributed by atoms with van der Waals surface area (Å²) in [5, 5.41) is 0. The second-order valence-corrected chi connectivity index (χ2v) is 6.07. The summed E-state index contributed by atoms with van der Waals surface area (Å²) in [6, 6.07) is 6.08. The topological polar surface area (TPSA) is 63.9 Å². The molecule has 4 heteroatoms. The summed E-state index contributed by atoms with van der Waals surface area (Å²) in [6.07, 6.45) is -0.0670. The Labute approximate surface area is 114 Å². The maximum atomic E-state index is 6.12. The van der Waals surface area contributed by atoms with Crippen molar-refractivity contribution < 1.29 is 4.74 Å². The number of methoxy groups -OCH3 is 1. The third kappa shape index (κ3) is 2.80. The van der Waals surface area contributed by atoms with Crippen molar-refractivity contribution >= 4 is 11.0 Å². The lowest BCUT2D eigenvalue weighted by Gasteiger charge is -2.18. The molecule has 1 aromatic heterocycles. The minimum absolute atomic E-state index is 0.0670. The maximum Gasteiger partial charge on any atom is 0.126 e. The molecule has 0 spiro atoms. The summed E-state index contributed by atoms with van der Waals surface area (Å²) >= 11 is 0. The normalized spacial score (nSPS) is 15.7. The Morgan fingerprint density at radius 3 is 2.58 bits per heavy atom. The number of nitrogens with zero attached hydrogens (tertiary/aromatic N) is 1. The monoisotopic (exact) mass is 261 g/mol. The molecule has 0 aliphatic rings. The van der Waals surface area contributed by atoms with Gasteiger partial charge in [0.1, 0.15) is 5.82 Å². The van der Waals surface area contributed by atoms with Crippen molar-refractivity contribution in [2.75, 3.05) is 7.11 Å². The highest BCUT2D eigenvalue weighted by molar-refractivity contribution is 5.76. The van der Waals surface area contributed by atoms with Crippen LogP contribution in [0.1, 0.15) is 45.1 Å². The van der Waals surface area contributed by atoms with Crippen LogP contribution in [0.25, 0.3) is 11.0 Å². The van der Waals surface area contributed by atoms with E-state index < -0.39 is 0 Å². The number of H-pyrrole nitrogens is 1. The Bertz CT molecular complexity index is 568. The van der Waals surface area contributed by atoms with Crippen LogP contribution in [0.15, 0.2) is 18.2 Å². The molecular formula is C15H23N3O. The average molecular weight is 261 g/mol. The van der Waals surface area contributed by atoms with E-state index in [0.717, 1.165) is 16.9 Å². The van der Waals surface area contributed by atoms with Gasteiger partial charge in [0.05, 0.1) is 23.2 Å². The Hall–Kier alpha value is -1.39. The van der Waals surface area contributed by atoms with Crippen LogP contribution in [0.2, 0.25) is 0 Å². The minimum atomic E-state index is -0.240. The van der Waals surface area contributed by atoms with Gasteiger partial charge in [0.25, 0.3) is 0 Å². The number of benzene rings is 1. The Balaban J connectivity index is 2.41. The van der Waals surface area contributed by atoms with Crippen molar-refractivity contribution in [1.29, 1.82) is 0 Å². The van der Waals surface area contributed by atoms with Gasteiger partial charge < -0.3 is 15.5 Å². The quantitative estimate of drug-likeness (QED) is 0.893. The van der Waals surface area contributed by atoms with E-state index in [0.29, 0.717) is 0 Å². The van der Waals surface area contributed by atoms with Gasteiger partial charge in [-0.05, 0) is 30.0 Å². The summed E-state index contributed by atoms with van der Waals surface area (Å²) in [4.78, 5) is 7.87. The number of nitrogens with one attached hydrogen (secondary N) is 1. The van der Waals surface area contributed by atoms with E-state index in [1.54, 1.807) is 7.11 Å². The second-order valence-electron chi connectivity index (χ2n) is 6.07. The largest absolute Gasteiger partial charge is 0.380 e. The lowest BCUT2D eigenvalue weighted by molar-refractivity contribution is 0.0935. The molecule has 0 bridgehead atoms. The van der Waals surface area contributed by atoms with E-state index in [9.17, 15) is 0 Å². The Morgan fingerprint density at radius 2 is 2.00 bits per heavy atom. The molecule has 0 amide bonds. The molecule has 0 unspecified atom stereocenters. The smallest absolute Gasteiger partial charge is 0.126 e. The molecule has 19 heavy (non-hydrogen) atoms. The van der Waals surface area contributed by atoms with Crippen LogP contribution in [0.4, 0.5) is 0 Å². The molecule has 0 fully saturated rings. The van der Waals surface area contributed by atoms with Crippen LogP contribution in [-0.2, 0) is 10.2 Å². The number of aromatic nitrogens is 2. The fraction of sp³-hybridized carbons (Fsp3) is 0.533. The van der Waals surface area contributed by atoms with Crippen LogP contribution in [0.3, 0.4) is 0 Å². The van der Waals surface area contributed by atoms with Gasteiger partial charge in [-0.3, -0.25) is 0 Å². The number of ether oxygens (including phenoxy) is 1. The van der Waals surface area contributed by atoms with E-state index in [1.165, 1.54) is 5.56 Å². The van der Waals surface area contributed by atoms with Crippen molar-refractivity contribution in [2.45, 2.75) is 45.3 Å². The first-order valence-corrected chi connectivity index (χ1v) is 6.61. The minimum Gasteiger partial charge on any atom is -0.380 e. The van der Waals surface area contributed by atoms with Gasteiger partial charge in [0.15, 0.2) is 0 Å². The highest BCUT2D eigenvalue weighted by Crippen LogP contribution is 2.26. The molecule has 4 nitrogen and oxygen atoms in total. The average Bonchev–Trinajstić information content (AvgIpc) is 2.78. The van der Waals surface area contributed by atoms with E-state index in [1.807, 2.05) is 6.92 Å². The molecule has 0 saturated carbocycles. The number of fused-ring (bicyclic) bond motifs is 1. The molecule has 1 aromatic carbocycles. The van der Waals surface area contributed by atoms with Crippen molar-refractivity contribution in [1.82, 2.24) is 9.97 Å². The van der Waals surface area contributed by atoms with Crippen LogP contribution in [0, 0.1) is 0 Å². The molecule has 0 aliphatic carbocycles. The fourth-order valence-corrected chi connectivity index (χ4v) is 2.02. The Kier molecular flexibility index (Phi) is 3.65. The molecule has 1 heterocycles. The molecule has 104 valence electrons. The predicted octanol–water partition coefficient (Wildman–Crippen LogP) is 2.90. The maximum absolute atomic E-state index is 6.12. The van der Waals surface area contributed by atoms with Gasteiger partial charge in [-0.2, -0.15) is 0 Å².